The molecule has 100 valence electrons. The lowest BCUT2D eigenvalue weighted by molar-refractivity contribution is -0.904. The van der Waals surface area contributed by atoms with Crippen molar-refractivity contribution in [2.24, 2.45) is 0 Å². The highest BCUT2D eigenvalue weighted by molar-refractivity contribution is 6.21. The van der Waals surface area contributed by atoms with E-state index in [0.29, 0.717) is 5.91 Å². The summed E-state index contributed by atoms with van der Waals surface area (Å²) in [4.78, 5) is 15.0. The fourth-order valence-corrected chi connectivity index (χ4v) is 3.15. The van der Waals surface area contributed by atoms with E-state index in [4.69, 9.17) is 11.6 Å². The second-order valence-corrected chi connectivity index (χ2v) is 5.67. The van der Waals surface area contributed by atoms with Crippen molar-refractivity contribution >= 4 is 17.5 Å². The van der Waals surface area contributed by atoms with Crippen LogP contribution in [0, 0.1) is 0 Å². The zero-order chi connectivity index (χ0) is 11.4. The Morgan fingerprint density at radius 2 is 1.94 bits per heavy atom. The van der Waals surface area contributed by atoms with Gasteiger partial charge in [0.25, 0.3) is 0 Å². The van der Waals surface area contributed by atoms with Gasteiger partial charge in [-0.05, 0) is 25.7 Å². The summed E-state index contributed by atoms with van der Waals surface area (Å²) < 4.78 is 0. The molecule has 2 aliphatic rings. The van der Waals surface area contributed by atoms with Gasteiger partial charge in [-0.3, -0.25) is 4.79 Å². The fraction of sp³-hybridized carbons (Fsp3) is 0.917. The maximum atomic E-state index is 11.5. The number of rotatable bonds is 4. The summed E-state index contributed by atoms with van der Waals surface area (Å²) in [5, 5.41) is 0.134. The van der Waals surface area contributed by atoms with Crippen LogP contribution in [-0.2, 0) is 4.79 Å². The molecule has 2 aliphatic heterocycles. The third kappa shape index (κ3) is 4.65. The molecule has 3 nitrogen and oxygen atoms in total. The molecule has 1 amide bonds. The summed E-state index contributed by atoms with van der Waals surface area (Å²) in [6.45, 7) is 5.21. The van der Waals surface area contributed by atoms with Crippen molar-refractivity contribution < 1.29 is 22.1 Å². The zero-order valence-electron chi connectivity index (χ0n) is 10.3. The topological polar surface area (TPSA) is 24.8 Å². The lowest BCUT2D eigenvalue weighted by Gasteiger charge is -2.27. The maximum Gasteiger partial charge on any atom is 0.222 e. The van der Waals surface area contributed by atoms with Crippen LogP contribution < -0.4 is 17.3 Å². The van der Waals surface area contributed by atoms with Crippen LogP contribution in [-0.4, -0.2) is 48.9 Å². The number of nitrogens with zero attached hydrogens (tertiary/aromatic N) is 1. The predicted octanol–water partition coefficient (Wildman–Crippen LogP) is -2.71. The first-order valence-electron chi connectivity index (χ1n) is 6.51. The Labute approximate surface area is 115 Å². The number of alkyl halides is 1. The SMILES string of the molecule is O=C1CCCN1CC(Cl)C[NH+]1CCCCC1.[Cl-]. The van der Waals surface area contributed by atoms with E-state index in [1.165, 1.54) is 32.4 Å². The molecule has 5 heteroatoms. The van der Waals surface area contributed by atoms with Gasteiger partial charge in [-0.2, -0.15) is 0 Å². The Kier molecular flexibility index (Phi) is 6.60. The van der Waals surface area contributed by atoms with Crippen LogP contribution in [0.15, 0.2) is 0 Å². The molecule has 0 saturated carbocycles. The molecule has 0 aromatic heterocycles. The summed E-state index contributed by atoms with van der Waals surface area (Å²) in [6.07, 6.45) is 5.78. The summed E-state index contributed by atoms with van der Waals surface area (Å²) >= 11 is 6.34. The third-order valence-corrected chi connectivity index (χ3v) is 3.95. The summed E-state index contributed by atoms with van der Waals surface area (Å²) in [5.41, 5.74) is 0. The average Bonchev–Trinajstić information content (AvgIpc) is 2.66. The van der Waals surface area contributed by atoms with Gasteiger partial charge in [0.15, 0.2) is 0 Å². The fourth-order valence-electron chi connectivity index (χ4n) is 2.77. The number of halogens is 2. The average molecular weight is 281 g/mol. The molecule has 1 atom stereocenters. The Morgan fingerprint density at radius 3 is 2.53 bits per heavy atom. The van der Waals surface area contributed by atoms with Crippen molar-refractivity contribution in [1.82, 2.24) is 4.90 Å². The van der Waals surface area contributed by atoms with E-state index in [9.17, 15) is 4.79 Å². The van der Waals surface area contributed by atoms with Crippen LogP contribution in [0.4, 0.5) is 0 Å². The highest BCUT2D eigenvalue weighted by Gasteiger charge is 2.25. The Morgan fingerprint density at radius 1 is 1.24 bits per heavy atom. The van der Waals surface area contributed by atoms with Crippen molar-refractivity contribution in [1.29, 1.82) is 0 Å². The number of hydrogen-bond acceptors (Lipinski definition) is 1. The molecule has 0 spiro atoms. The molecule has 2 fully saturated rings. The lowest BCUT2D eigenvalue weighted by atomic mass is 10.1. The van der Waals surface area contributed by atoms with Gasteiger partial charge in [-0.25, -0.2) is 0 Å². The Bertz CT molecular complexity index is 245. The quantitative estimate of drug-likeness (QED) is 0.557. The molecule has 1 N–H and O–H groups in total. The van der Waals surface area contributed by atoms with Gasteiger partial charge in [0.05, 0.1) is 19.6 Å². The van der Waals surface area contributed by atoms with Crippen molar-refractivity contribution in [3.8, 4) is 0 Å². The van der Waals surface area contributed by atoms with E-state index in [1.807, 2.05) is 4.90 Å². The van der Waals surface area contributed by atoms with Gasteiger partial charge in [-0.15, -0.1) is 11.6 Å². The normalized spacial score (nSPS) is 23.6. The number of hydrogen-bond donors (Lipinski definition) is 1. The molecule has 2 heterocycles. The third-order valence-electron chi connectivity index (χ3n) is 3.66. The molecule has 0 aliphatic carbocycles. The molecular weight excluding hydrogens is 259 g/mol. The second kappa shape index (κ2) is 7.45. The van der Waals surface area contributed by atoms with Gasteiger partial charge >= 0.3 is 0 Å². The second-order valence-electron chi connectivity index (χ2n) is 5.06. The lowest BCUT2D eigenvalue weighted by Crippen LogP contribution is -3.13. The number of piperidine rings is 1. The van der Waals surface area contributed by atoms with E-state index in [2.05, 4.69) is 0 Å². The highest BCUT2D eigenvalue weighted by atomic mass is 35.5. The van der Waals surface area contributed by atoms with Crippen molar-refractivity contribution in [3.63, 3.8) is 0 Å². The van der Waals surface area contributed by atoms with Crippen LogP contribution in [0.25, 0.3) is 0 Å². The summed E-state index contributed by atoms with van der Waals surface area (Å²) in [5.74, 6) is 0.291. The number of likely N-dealkylation sites (tertiary alicyclic amines) is 2. The molecule has 17 heavy (non-hydrogen) atoms. The van der Waals surface area contributed by atoms with E-state index in [0.717, 1.165) is 32.5 Å². The minimum atomic E-state index is 0. The summed E-state index contributed by atoms with van der Waals surface area (Å²) in [7, 11) is 0. The molecule has 0 radical (unpaired) electrons. The molecule has 0 bridgehead atoms. The molecule has 0 aromatic rings. The summed E-state index contributed by atoms with van der Waals surface area (Å²) in [6, 6.07) is 0. The number of amides is 1. The minimum Gasteiger partial charge on any atom is -1.00 e. The standard InChI is InChI=1S/C12H21ClN2O.ClH/c13-11(9-14-6-2-1-3-7-14)10-15-8-4-5-12(15)16;/h11H,1-10H2;1H. The van der Waals surface area contributed by atoms with Gasteiger partial charge in [0.2, 0.25) is 5.91 Å². The monoisotopic (exact) mass is 280 g/mol. The molecule has 2 rings (SSSR count). The number of carbonyl (C=O) groups is 1. The molecule has 1 unspecified atom stereocenters. The van der Waals surface area contributed by atoms with Crippen molar-refractivity contribution in [2.75, 3.05) is 32.7 Å². The van der Waals surface area contributed by atoms with Crippen LogP contribution in [0.5, 0.6) is 0 Å². The van der Waals surface area contributed by atoms with Gasteiger partial charge in [0, 0.05) is 19.5 Å². The van der Waals surface area contributed by atoms with E-state index in [1.54, 1.807) is 4.90 Å². The van der Waals surface area contributed by atoms with Crippen molar-refractivity contribution in [3.05, 3.63) is 0 Å². The first-order chi connectivity index (χ1) is 7.75. The van der Waals surface area contributed by atoms with Crippen molar-refractivity contribution in [2.45, 2.75) is 37.5 Å². The first-order valence-corrected chi connectivity index (χ1v) is 6.95. The maximum absolute atomic E-state index is 11.5. The molecule has 2 saturated heterocycles. The Balaban J connectivity index is 0.00000144. The van der Waals surface area contributed by atoms with Gasteiger partial charge < -0.3 is 22.2 Å². The smallest absolute Gasteiger partial charge is 0.222 e. The predicted molar refractivity (Wildman–Crippen MR) is 64.9 cm³/mol. The first kappa shape index (κ1) is 15.1. The van der Waals surface area contributed by atoms with E-state index < -0.39 is 0 Å². The van der Waals surface area contributed by atoms with Crippen LogP contribution in [0.1, 0.15) is 32.1 Å². The van der Waals surface area contributed by atoms with Crippen LogP contribution in [0.2, 0.25) is 0 Å². The number of carbonyl (C=O) groups excluding carboxylic acids is 1. The minimum absolute atomic E-state index is 0. The van der Waals surface area contributed by atoms with E-state index >= 15 is 0 Å². The molecular formula is C12H22Cl2N2O. The number of quaternary nitrogens is 1. The highest BCUT2D eigenvalue weighted by Crippen LogP contribution is 2.11. The van der Waals surface area contributed by atoms with Gasteiger partial charge in [0.1, 0.15) is 5.38 Å². The van der Waals surface area contributed by atoms with Gasteiger partial charge in [-0.1, -0.05) is 0 Å². The zero-order valence-corrected chi connectivity index (χ0v) is 11.8. The van der Waals surface area contributed by atoms with Crippen LogP contribution in [0.3, 0.4) is 0 Å². The molecule has 0 aromatic carbocycles. The number of nitrogens with one attached hydrogen (secondary N) is 1. The largest absolute Gasteiger partial charge is 1.00 e. The Hall–Kier alpha value is 0.01000. The van der Waals surface area contributed by atoms with E-state index in [-0.39, 0.29) is 17.8 Å². The van der Waals surface area contributed by atoms with Crippen LogP contribution >= 0.6 is 11.6 Å².